The molecule has 3 nitrogen and oxygen atoms in total. The van der Waals surface area contributed by atoms with Crippen molar-refractivity contribution in [2.75, 3.05) is 26.7 Å². The largest absolute Gasteiger partial charge is 0.390 e. The fraction of sp³-hybridized carbons (Fsp3) is 1.00. The third kappa shape index (κ3) is 3.56. The van der Waals surface area contributed by atoms with Crippen LogP contribution in [0.15, 0.2) is 0 Å². The summed E-state index contributed by atoms with van der Waals surface area (Å²) >= 11 is 0. The van der Waals surface area contributed by atoms with Gasteiger partial charge in [0.1, 0.15) is 0 Å². The summed E-state index contributed by atoms with van der Waals surface area (Å²) in [5.41, 5.74) is 0. The van der Waals surface area contributed by atoms with Gasteiger partial charge in [0.15, 0.2) is 0 Å². The molecule has 0 spiro atoms. The lowest BCUT2D eigenvalue weighted by atomic mass is 9.95. The van der Waals surface area contributed by atoms with E-state index in [2.05, 4.69) is 24.1 Å². The van der Waals surface area contributed by atoms with Gasteiger partial charge in [0, 0.05) is 25.7 Å². The molecular formula is C11H24N2O. The van der Waals surface area contributed by atoms with Crippen LogP contribution in [0.5, 0.6) is 0 Å². The standard InChI is InChI=1S/C11H24N2O/c1-9-4-5-10(2)13(7-9)8-11(14)6-12-3/h9-12,14H,4-8H2,1-3H3. The van der Waals surface area contributed by atoms with Crippen LogP contribution in [0.25, 0.3) is 0 Å². The van der Waals surface area contributed by atoms with Crippen molar-refractivity contribution in [2.45, 2.75) is 38.8 Å². The smallest absolute Gasteiger partial charge is 0.0791 e. The zero-order valence-electron chi connectivity index (χ0n) is 9.66. The minimum atomic E-state index is -0.229. The molecular weight excluding hydrogens is 176 g/mol. The summed E-state index contributed by atoms with van der Waals surface area (Å²) in [6, 6.07) is 0.637. The molecule has 0 aliphatic carbocycles. The minimum Gasteiger partial charge on any atom is -0.390 e. The van der Waals surface area contributed by atoms with E-state index >= 15 is 0 Å². The first-order valence-corrected chi connectivity index (χ1v) is 5.70. The van der Waals surface area contributed by atoms with E-state index in [9.17, 15) is 5.11 Å². The summed E-state index contributed by atoms with van der Waals surface area (Å²) in [6.45, 7) is 7.20. The predicted octanol–water partition coefficient (Wildman–Crippen LogP) is 0.687. The van der Waals surface area contributed by atoms with Gasteiger partial charge < -0.3 is 10.4 Å². The van der Waals surface area contributed by atoms with Crippen LogP contribution in [0.1, 0.15) is 26.7 Å². The van der Waals surface area contributed by atoms with Gasteiger partial charge in [-0.2, -0.15) is 0 Å². The highest BCUT2D eigenvalue weighted by Gasteiger charge is 2.24. The molecule has 0 bridgehead atoms. The molecule has 3 unspecified atom stereocenters. The molecule has 14 heavy (non-hydrogen) atoms. The number of nitrogens with one attached hydrogen (secondary N) is 1. The summed E-state index contributed by atoms with van der Waals surface area (Å²) in [7, 11) is 1.88. The fourth-order valence-electron chi connectivity index (χ4n) is 2.21. The van der Waals surface area contributed by atoms with Crippen molar-refractivity contribution in [3.8, 4) is 0 Å². The van der Waals surface area contributed by atoms with E-state index in [4.69, 9.17) is 0 Å². The molecule has 0 aromatic heterocycles. The first-order valence-electron chi connectivity index (χ1n) is 5.70. The van der Waals surface area contributed by atoms with Gasteiger partial charge in [-0.15, -0.1) is 0 Å². The maximum Gasteiger partial charge on any atom is 0.0791 e. The number of β-amino-alcohol motifs (C(OH)–C–C–N with tert-alkyl or cyclic N) is 1. The molecule has 1 aliphatic heterocycles. The zero-order valence-corrected chi connectivity index (χ0v) is 9.66. The Morgan fingerprint density at radius 1 is 1.43 bits per heavy atom. The number of nitrogens with zero attached hydrogens (tertiary/aromatic N) is 1. The van der Waals surface area contributed by atoms with Crippen LogP contribution in [0.4, 0.5) is 0 Å². The van der Waals surface area contributed by atoms with Gasteiger partial charge in [-0.3, -0.25) is 4.90 Å². The van der Waals surface area contributed by atoms with Crippen molar-refractivity contribution < 1.29 is 5.11 Å². The molecule has 1 heterocycles. The van der Waals surface area contributed by atoms with Gasteiger partial charge in [-0.25, -0.2) is 0 Å². The highest BCUT2D eigenvalue weighted by Crippen LogP contribution is 2.21. The van der Waals surface area contributed by atoms with Gasteiger partial charge in [0.05, 0.1) is 6.10 Å². The summed E-state index contributed by atoms with van der Waals surface area (Å²) in [5, 5.41) is 12.7. The Bertz CT molecular complexity index is 163. The van der Waals surface area contributed by atoms with Crippen LogP contribution in [0, 0.1) is 5.92 Å². The minimum absolute atomic E-state index is 0.229. The highest BCUT2D eigenvalue weighted by molar-refractivity contribution is 4.79. The van der Waals surface area contributed by atoms with Crippen molar-refractivity contribution in [1.29, 1.82) is 0 Å². The molecule has 0 radical (unpaired) electrons. The Morgan fingerprint density at radius 2 is 2.14 bits per heavy atom. The molecule has 1 saturated heterocycles. The zero-order chi connectivity index (χ0) is 10.6. The SMILES string of the molecule is CNCC(O)CN1CC(C)CCC1C. The number of piperidine rings is 1. The second kappa shape index (κ2) is 5.69. The van der Waals surface area contributed by atoms with Crippen molar-refractivity contribution in [2.24, 2.45) is 5.92 Å². The maximum absolute atomic E-state index is 9.70. The van der Waals surface area contributed by atoms with E-state index in [1.54, 1.807) is 0 Å². The van der Waals surface area contributed by atoms with Gasteiger partial charge in [0.25, 0.3) is 0 Å². The Hall–Kier alpha value is -0.120. The normalized spacial score (nSPS) is 31.7. The van der Waals surface area contributed by atoms with E-state index in [-0.39, 0.29) is 6.10 Å². The number of hydrogen-bond donors (Lipinski definition) is 2. The highest BCUT2D eigenvalue weighted by atomic mass is 16.3. The molecule has 1 fully saturated rings. The predicted molar refractivity (Wildman–Crippen MR) is 59.4 cm³/mol. The van der Waals surface area contributed by atoms with E-state index in [0.717, 1.165) is 19.0 Å². The molecule has 0 saturated carbocycles. The van der Waals surface area contributed by atoms with E-state index in [1.165, 1.54) is 12.8 Å². The van der Waals surface area contributed by atoms with Crippen molar-refractivity contribution in [1.82, 2.24) is 10.2 Å². The van der Waals surface area contributed by atoms with E-state index in [0.29, 0.717) is 12.6 Å². The number of aliphatic hydroxyl groups is 1. The van der Waals surface area contributed by atoms with Gasteiger partial charge >= 0.3 is 0 Å². The van der Waals surface area contributed by atoms with Crippen LogP contribution in [-0.4, -0.2) is 48.8 Å². The molecule has 0 aromatic rings. The number of rotatable bonds is 4. The number of likely N-dealkylation sites (tertiary alicyclic amines) is 1. The molecule has 1 rings (SSSR count). The second-order valence-electron chi connectivity index (χ2n) is 4.70. The van der Waals surface area contributed by atoms with Crippen LogP contribution in [0.2, 0.25) is 0 Å². The molecule has 84 valence electrons. The third-order valence-corrected chi connectivity index (χ3v) is 3.13. The molecule has 2 N–H and O–H groups in total. The van der Waals surface area contributed by atoms with E-state index in [1.807, 2.05) is 7.05 Å². The number of hydrogen-bond acceptors (Lipinski definition) is 3. The van der Waals surface area contributed by atoms with Gasteiger partial charge in [-0.1, -0.05) is 6.92 Å². The van der Waals surface area contributed by atoms with Crippen molar-refractivity contribution in [3.05, 3.63) is 0 Å². The summed E-state index contributed by atoms with van der Waals surface area (Å²) in [5.74, 6) is 0.785. The Morgan fingerprint density at radius 3 is 2.79 bits per heavy atom. The quantitative estimate of drug-likeness (QED) is 0.701. The molecule has 0 amide bonds. The topological polar surface area (TPSA) is 35.5 Å². The number of aliphatic hydroxyl groups excluding tert-OH is 1. The van der Waals surface area contributed by atoms with Crippen molar-refractivity contribution >= 4 is 0 Å². The molecule has 3 heteroatoms. The second-order valence-corrected chi connectivity index (χ2v) is 4.70. The molecule has 0 aromatic carbocycles. The lowest BCUT2D eigenvalue weighted by molar-refractivity contribution is 0.0580. The van der Waals surface area contributed by atoms with Gasteiger partial charge in [0.2, 0.25) is 0 Å². The summed E-state index contributed by atoms with van der Waals surface area (Å²) in [6.07, 6.45) is 2.38. The number of likely N-dealkylation sites (N-methyl/N-ethyl adjacent to an activating group) is 1. The monoisotopic (exact) mass is 200 g/mol. The summed E-state index contributed by atoms with van der Waals surface area (Å²) in [4.78, 5) is 2.41. The van der Waals surface area contributed by atoms with Crippen LogP contribution in [0.3, 0.4) is 0 Å². The van der Waals surface area contributed by atoms with E-state index < -0.39 is 0 Å². The molecule has 3 atom stereocenters. The summed E-state index contributed by atoms with van der Waals surface area (Å²) < 4.78 is 0. The first-order chi connectivity index (χ1) is 6.63. The first kappa shape index (κ1) is 12.0. The maximum atomic E-state index is 9.70. The lowest BCUT2D eigenvalue weighted by Crippen LogP contribution is -2.46. The van der Waals surface area contributed by atoms with Gasteiger partial charge in [-0.05, 0) is 32.7 Å². The average molecular weight is 200 g/mol. The lowest BCUT2D eigenvalue weighted by Gasteiger charge is -2.37. The Kier molecular flexibility index (Phi) is 4.85. The van der Waals surface area contributed by atoms with Crippen LogP contribution < -0.4 is 5.32 Å². The molecule has 1 aliphatic rings. The fourth-order valence-corrected chi connectivity index (χ4v) is 2.21. The Balaban J connectivity index is 2.33. The average Bonchev–Trinajstić information content (AvgIpc) is 2.12. The third-order valence-electron chi connectivity index (χ3n) is 3.13. The van der Waals surface area contributed by atoms with Crippen LogP contribution >= 0.6 is 0 Å². The van der Waals surface area contributed by atoms with Crippen LogP contribution in [-0.2, 0) is 0 Å². The Labute approximate surface area is 87.5 Å². The van der Waals surface area contributed by atoms with Crippen molar-refractivity contribution in [3.63, 3.8) is 0 Å².